The van der Waals surface area contributed by atoms with Crippen LogP contribution in [0.3, 0.4) is 0 Å². The third-order valence-corrected chi connectivity index (χ3v) is 3.25. The Bertz CT molecular complexity index is 626. The molecule has 1 amide bonds. The molecule has 0 fully saturated rings. The quantitative estimate of drug-likeness (QED) is 0.855. The van der Waals surface area contributed by atoms with E-state index in [1.807, 2.05) is 31.2 Å². The van der Waals surface area contributed by atoms with Crippen molar-refractivity contribution in [3.63, 3.8) is 0 Å². The summed E-state index contributed by atoms with van der Waals surface area (Å²) in [5.41, 5.74) is 3.06. The number of anilines is 1. The van der Waals surface area contributed by atoms with Crippen molar-refractivity contribution in [1.29, 1.82) is 0 Å². The Kier molecular flexibility index (Phi) is 7.08. The molecule has 5 nitrogen and oxygen atoms in total. The molecular weight excluding hydrogens is 302 g/mol. The molecule has 120 valence electrons. The number of hydrogen-bond donors (Lipinski definition) is 2. The SMILES string of the molecule is CCNCc1cccc(NC(=O)c2c(C)noc2CC)c1.Cl. The zero-order valence-electron chi connectivity index (χ0n) is 13.1. The van der Waals surface area contributed by atoms with Crippen LogP contribution < -0.4 is 10.6 Å². The summed E-state index contributed by atoms with van der Waals surface area (Å²) >= 11 is 0. The van der Waals surface area contributed by atoms with E-state index in [-0.39, 0.29) is 18.3 Å². The van der Waals surface area contributed by atoms with Crippen molar-refractivity contribution >= 4 is 24.0 Å². The van der Waals surface area contributed by atoms with Gasteiger partial charge < -0.3 is 15.2 Å². The highest BCUT2D eigenvalue weighted by Gasteiger charge is 2.19. The molecule has 0 radical (unpaired) electrons. The average Bonchev–Trinajstić information content (AvgIpc) is 2.86. The van der Waals surface area contributed by atoms with Gasteiger partial charge in [0.1, 0.15) is 11.3 Å². The monoisotopic (exact) mass is 323 g/mol. The minimum absolute atomic E-state index is 0. The first-order valence-electron chi connectivity index (χ1n) is 7.21. The molecule has 1 aromatic heterocycles. The Hall–Kier alpha value is -1.85. The maximum absolute atomic E-state index is 12.4. The van der Waals surface area contributed by atoms with Gasteiger partial charge in [-0.3, -0.25) is 4.79 Å². The number of hydrogen-bond acceptors (Lipinski definition) is 4. The number of halogens is 1. The average molecular weight is 324 g/mol. The zero-order valence-corrected chi connectivity index (χ0v) is 13.9. The van der Waals surface area contributed by atoms with Crippen molar-refractivity contribution in [3.8, 4) is 0 Å². The van der Waals surface area contributed by atoms with Crippen LogP contribution in [0.1, 0.15) is 41.2 Å². The van der Waals surface area contributed by atoms with E-state index >= 15 is 0 Å². The fourth-order valence-corrected chi connectivity index (χ4v) is 2.17. The summed E-state index contributed by atoms with van der Waals surface area (Å²) in [6.07, 6.45) is 0.643. The Morgan fingerprint density at radius 1 is 1.32 bits per heavy atom. The van der Waals surface area contributed by atoms with Crippen molar-refractivity contribution in [2.24, 2.45) is 0 Å². The third kappa shape index (κ3) is 4.32. The standard InChI is InChI=1S/C16H21N3O2.ClH/c1-4-14-15(11(3)19-21-14)16(20)18-13-8-6-7-12(9-13)10-17-5-2;/h6-9,17H,4-5,10H2,1-3H3,(H,18,20);1H. The van der Waals surface area contributed by atoms with Gasteiger partial charge in [0.25, 0.3) is 5.91 Å². The molecule has 6 heteroatoms. The summed E-state index contributed by atoms with van der Waals surface area (Å²) in [6, 6.07) is 7.81. The summed E-state index contributed by atoms with van der Waals surface area (Å²) in [5, 5.41) is 10.0. The maximum Gasteiger partial charge on any atom is 0.261 e. The normalized spacial score (nSPS) is 10.1. The van der Waals surface area contributed by atoms with Crippen molar-refractivity contribution < 1.29 is 9.32 Å². The van der Waals surface area contributed by atoms with E-state index in [1.54, 1.807) is 6.92 Å². The van der Waals surface area contributed by atoms with Gasteiger partial charge in [-0.25, -0.2) is 0 Å². The highest BCUT2D eigenvalue weighted by Crippen LogP contribution is 2.17. The Labute approximate surface area is 136 Å². The number of carbonyl (C=O) groups excluding carboxylic acids is 1. The third-order valence-electron chi connectivity index (χ3n) is 3.25. The highest BCUT2D eigenvalue weighted by atomic mass is 35.5. The van der Waals surface area contributed by atoms with Gasteiger partial charge in [-0.05, 0) is 31.2 Å². The van der Waals surface area contributed by atoms with Gasteiger partial charge in [-0.15, -0.1) is 12.4 Å². The number of benzene rings is 1. The molecule has 2 aromatic rings. The number of aryl methyl sites for hydroxylation is 2. The smallest absolute Gasteiger partial charge is 0.261 e. The van der Waals surface area contributed by atoms with E-state index in [0.717, 1.165) is 24.3 Å². The first-order chi connectivity index (χ1) is 10.2. The van der Waals surface area contributed by atoms with E-state index in [0.29, 0.717) is 23.4 Å². The lowest BCUT2D eigenvalue weighted by molar-refractivity contribution is 0.102. The molecule has 0 atom stereocenters. The van der Waals surface area contributed by atoms with E-state index in [9.17, 15) is 4.79 Å². The first kappa shape index (κ1) is 18.2. The lowest BCUT2D eigenvalue weighted by Gasteiger charge is -2.08. The molecule has 1 aromatic carbocycles. The molecule has 2 N–H and O–H groups in total. The fourth-order valence-electron chi connectivity index (χ4n) is 2.17. The molecule has 0 saturated heterocycles. The second-order valence-corrected chi connectivity index (χ2v) is 4.85. The van der Waals surface area contributed by atoms with Crippen molar-refractivity contribution in [2.45, 2.75) is 33.7 Å². The Morgan fingerprint density at radius 2 is 2.09 bits per heavy atom. The number of aromatic nitrogens is 1. The predicted octanol–water partition coefficient (Wildman–Crippen LogP) is 3.33. The van der Waals surface area contributed by atoms with E-state index in [4.69, 9.17) is 4.52 Å². The van der Waals surface area contributed by atoms with Gasteiger partial charge in [-0.2, -0.15) is 0 Å². The van der Waals surface area contributed by atoms with Crippen LogP contribution >= 0.6 is 12.4 Å². The van der Waals surface area contributed by atoms with Crippen LogP contribution in [0.25, 0.3) is 0 Å². The lowest BCUT2D eigenvalue weighted by Crippen LogP contribution is -2.15. The topological polar surface area (TPSA) is 67.2 Å². The number of nitrogens with one attached hydrogen (secondary N) is 2. The van der Waals surface area contributed by atoms with Gasteiger partial charge in [-0.1, -0.05) is 31.1 Å². The summed E-state index contributed by atoms with van der Waals surface area (Å²) < 4.78 is 5.16. The summed E-state index contributed by atoms with van der Waals surface area (Å²) in [4.78, 5) is 12.4. The fraction of sp³-hybridized carbons (Fsp3) is 0.375. The Balaban J connectivity index is 0.00000242. The second-order valence-electron chi connectivity index (χ2n) is 4.85. The zero-order chi connectivity index (χ0) is 15.2. The van der Waals surface area contributed by atoms with Crippen LogP contribution in [-0.4, -0.2) is 17.6 Å². The van der Waals surface area contributed by atoms with Crippen molar-refractivity contribution in [1.82, 2.24) is 10.5 Å². The molecule has 0 unspecified atom stereocenters. The van der Waals surface area contributed by atoms with Gasteiger partial charge in [0.15, 0.2) is 0 Å². The van der Waals surface area contributed by atoms with Crippen LogP contribution in [0.5, 0.6) is 0 Å². The molecule has 0 aliphatic heterocycles. The molecule has 0 bridgehead atoms. The minimum Gasteiger partial charge on any atom is -0.360 e. The second kappa shape index (κ2) is 8.56. The molecular formula is C16H22ClN3O2. The van der Waals surface area contributed by atoms with E-state index in [2.05, 4.69) is 22.7 Å². The number of carbonyl (C=O) groups is 1. The molecule has 0 saturated carbocycles. The Morgan fingerprint density at radius 3 is 2.77 bits per heavy atom. The molecule has 22 heavy (non-hydrogen) atoms. The largest absolute Gasteiger partial charge is 0.360 e. The lowest BCUT2D eigenvalue weighted by atomic mass is 10.1. The van der Waals surface area contributed by atoms with E-state index in [1.165, 1.54) is 0 Å². The molecule has 0 aliphatic rings. The maximum atomic E-state index is 12.4. The summed E-state index contributed by atoms with van der Waals surface area (Å²) in [6.45, 7) is 7.47. The number of amides is 1. The minimum atomic E-state index is -0.175. The van der Waals surface area contributed by atoms with Crippen LogP contribution in [0.15, 0.2) is 28.8 Å². The van der Waals surface area contributed by atoms with Gasteiger partial charge in [0.2, 0.25) is 0 Å². The summed E-state index contributed by atoms with van der Waals surface area (Å²) in [5.74, 6) is 0.444. The molecule has 0 spiro atoms. The summed E-state index contributed by atoms with van der Waals surface area (Å²) in [7, 11) is 0. The van der Waals surface area contributed by atoms with Crippen LogP contribution in [0, 0.1) is 6.92 Å². The number of rotatable bonds is 6. The van der Waals surface area contributed by atoms with Gasteiger partial charge in [0, 0.05) is 18.7 Å². The predicted molar refractivity (Wildman–Crippen MR) is 89.6 cm³/mol. The van der Waals surface area contributed by atoms with Crippen LogP contribution in [-0.2, 0) is 13.0 Å². The van der Waals surface area contributed by atoms with Crippen LogP contribution in [0.4, 0.5) is 5.69 Å². The molecule has 2 rings (SSSR count). The van der Waals surface area contributed by atoms with Gasteiger partial charge >= 0.3 is 0 Å². The van der Waals surface area contributed by atoms with E-state index < -0.39 is 0 Å². The first-order valence-corrected chi connectivity index (χ1v) is 7.21. The molecule has 1 heterocycles. The van der Waals surface area contributed by atoms with Crippen molar-refractivity contribution in [3.05, 3.63) is 46.8 Å². The van der Waals surface area contributed by atoms with Crippen molar-refractivity contribution in [2.75, 3.05) is 11.9 Å². The van der Waals surface area contributed by atoms with Gasteiger partial charge in [0.05, 0.1) is 5.69 Å². The molecule has 0 aliphatic carbocycles. The number of nitrogens with zero attached hydrogens (tertiary/aromatic N) is 1. The highest BCUT2D eigenvalue weighted by molar-refractivity contribution is 6.05. The van der Waals surface area contributed by atoms with Crippen LogP contribution in [0.2, 0.25) is 0 Å².